The van der Waals surface area contributed by atoms with E-state index in [1.165, 1.54) is 0 Å². The molecule has 0 bridgehead atoms. The molecule has 6 rings (SSSR count). The number of allylic oxidation sites excluding steroid dienone is 4. The Balaban J connectivity index is 1.10. The number of carbonyl (C=O) groups is 1. The maximum Gasteiger partial charge on any atom is 0.186 e. The molecule has 1 aromatic rings. The molecule has 0 aliphatic carbocycles. The van der Waals surface area contributed by atoms with Crippen molar-refractivity contribution >= 4 is 5.78 Å². The fraction of sp³-hybridized carbons (Fsp3) is 0.732. The van der Waals surface area contributed by atoms with Crippen LogP contribution in [0.2, 0.25) is 0 Å². The summed E-state index contributed by atoms with van der Waals surface area (Å²) in [5.74, 6) is 0.298. The Morgan fingerprint density at radius 2 is 1.57 bits per heavy atom. The predicted octanol–water partition coefficient (Wildman–Crippen LogP) is 7.05. The Morgan fingerprint density at radius 1 is 0.898 bits per heavy atom. The summed E-state index contributed by atoms with van der Waals surface area (Å²) < 4.78 is 34.0. The smallest absolute Gasteiger partial charge is 0.186 e. The van der Waals surface area contributed by atoms with Crippen molar-refractivity contribution in [3.8, 4) is 0 Å². The van der Waals surface area contributed by atoms with E-state index in [4.69, 9.17) is 23.7 Å². The Hall–Kier alpha value is -1.91. The molecule has 5 aliphatic heterocycles. The Labute approximate surface area is 293 Å². The molecular weight excluding hydrogens is 620 g/mol. The fourth-order valence-corrected chi connectivity index (χ4v) is 9.11. The molecule has 5 saturated heterocycles. The van der Waals surface area contributed by atoms with Crippen molar-refractivity contribution in [3.63, 3.8) is 0 Å². The van der Waals surface area contributed by atoms with Crippen LogP contribution in [-0.4, -0.2) is 87.7 Å². The Morgan fingerprint density at radius 3 is 2.31 bits per heavy atom. The van der Waals surface area contributed by atoms with Gasteiger partial charge in [-0.05, 0) is 104 Å². The van der Waals surface area contributed by atoms with Crippen LogP contribution in [0.25, 0.3) is 0 Å². The highest BCUT2D eigenvalue weighted by Crippen LogP contribution is 2.49. The molecule has 1 aromatic carbocycles. The number of benzene rings is 1. The summed E-state index contributed by atoms with van der Waals surface area (Å²) in [4.78, 5) is 12.7. The summed E-state index contributed by atoms with van der Waals surface area (Å²) in [6.07, 6.45) is 8.96. The fourth-order valence-electron chi connectivity index (χ4n) is 9.11. The number of aliphatic hydroxyl groups excluding tert-OH is 1. The van der Waals surface area contributed by atoms with Gasteiger partial charge in [-0.1, -0.05) is 55.8 Å². The zero-order valence-corrected chi connectivity index (χ0v) is 30.7. The molecule has 5 fully saturated rings. The summed E-state index contributed by atoms with van der Waals surface area (Å²) in [6, 6.07) is 9.36. The van der Waals surface area contributed by atoms with Crippen LogP contribution in [-0.2, 0) is 23.7 Å². The van der Waals surface area contributed by atoms with E-state index < -0.39 is 29.0 Å². The molecule has 8 heteroatoms. The lowest BCUT2D eigenvalue weighted by molar-refractivity contribution is -0.273. The van der Waals surface area contributed by atoms with Gasteiger partial charge in [0.2, 0.25) is 0 Å². The molecule has 13 atom stereocenters. The summed E-state index contributed by atoms with van der Waals surface area (Å²) in [6.45, 7) is 14.4. The van der Waals surface area contributed by atoms with Crippen LogP contribution in [0.3, 0.4) is 0 Å². The zero-order valence-electron chi connectivity index (χ0n) is 30.7. The summed E-state index contributed by atoms with van der Waals surface area (Å²) in [7, 11) is 0. The number of fused-ring (bicyclic) bond motifs is 4. The van der Waals surface area contributed by atoms with Gasteiger partial charge >= 0.3 is 0 Å². The third-order valence-corrected chi connectivity index (χ3v) is 12.5. The van der Waals surface area contributed by atoms with Gasteiger partial charge in [0.25, 0.3) is 0 Å². The van der Waals surface area contributed by atoms with E-state index in [0.717, 1.165) is 56.1 Å². The first kappa shape index (κ1) is 36.9. The molecule has 272 valence electrons. The topological polar surface area (TPSA) is 104 Å². The lowest BCUT2D eigenvalue weighted by atomic mass is 9.79. The highest BCUT2D eigenvalue weighted by molar-refractivity contribution is 6.05. The number of ether oxygens (including phenoxy) is 5. The van der Waals surface area contributed by atoms with E-state index in [2.05, 4.69) is 40.7 Å². The lowest BCUT2D eigenvalue weighted by Gasteiger charge is -2.49. The van der Waals surface area contributed by atoms with Crippen LogP contribution >= 0.6 is 0 Å². The first-order chi connectivity index (χ1) is 23.2. The van der Waals surface area contributed by atoms with Gasteiger partial charge in [-0.2, -0.15) is 0 Å². The molecule has 5 aliphatic rings. The van der Waals surface area contributed by atoms with Crippen molar-refractivity contribution in [1.29, 1.82) is 0 Å². The van der Waals surface area contributed by atoms with Gasteiger partial charge < -0.3 is 33.9 Å². The number of hydrogen-bond donors (Lipinski definition) is 2. The predicted molar refractivity (Wildman–Crippen MR) is 188 cm³/mol. The average Bonchev–Trinajstić information content (AvgIpc) is 3.32. The summed E-state index contributed by atoms with van der Waals surface area (Å²) in [5, 5.41) is 22.8. The Bertz CT molecular complexity index is 1370. The second kappa shape index (κ2) is 14.6. The van der Waals surface area contributed by atoms with E-state index in [1.807, 2.05) is 44.2 Å². The molecule has 49 heavy (non-hydrogen) atoms. The van der Waals surface area contributed by atoms with Gasteiger partial charge in [-0.25, -0.2) is 0 Å². The van der Waals surface area contributed by atoms with Gasteiger partial charge in [0, 0.05) is 18.4 Å². The van der Waals surface area contributed by atoms with Crippen LogP contribution in [0.1, 0.15) is 123 Å². The zero-order chi connectivity index (χ0) is 35.1. The molecule has 2 N–H and O–H groups in total. The molecule has 0 saturated carbocycles. The van der Waals surface area contributed by atoms with Gasteiger partial charge in [-0.3, -0.25) is 4.79 Å². The molecule has 0 radical (unpaired) electrons. The number of rotatable bonds is 7. The first-order valence-electron chi connectivity index (χ1n) is 18.9. The minimum Gasteiger partial charge on any atom is -0.390 e. The van der Waals surface area contributed by atoms with Crippen molar-refractivity contribution in [2.45, 2.75) is 184 Å². The van der Waals surface area contributed by atoms with Crippen LogP contribution in [0.5, 0.6) is 0 Å². The third-order valence-electron chi connectivity index (χ3n) is 12.5. The highest BCUT2D eigenvalue weighted by atomic mass is 16.6. The molecule has 0 aromatic heterocycles. The first-order valence-corrected chi connectivity index (χ1v) is 18.9. The third kappa shape index (κ3) is 7.81. The highest BCUT2D eigenvalue weighted by Gasteiger charge is 2.58. The van der Waals surface area contributed by atoms with E-state index in [9.17, 15) is 15.0 Å². The summed E-state index contributed by atoms with van der Waals surface area (Å²) >= 11 is 0. The maximum absolute atomic E-state index is 12.7. The molecule has 0 spiro atoms. The standard InChI is InChI=1S/C41H60O8/c1-8-35-39(5,44)19-17-32-33(45-35)18-20-40(6)37(46-32)23-34-38(49-40)30(43)24-41(7)36(47-34)22-27(4)31(48-41)16-12-13-25(2)26(3)21-29(42)28-14-10-9-11-15-28/h9-11,13-15,21,27,30-38,43-44H,8,12,16-20,22-24H2,1-7H3/b25-13+,26-21+. The number of aliphatic hydroxyl groups is 2. The number of carbonyl (C=O) groups excluding carboxylic acids is 1. The van der Waals surface area contributed by atoms with Crippen LogP contribution in [0, 0.1) is 5.92 Å². The molecule has 0 amide bonds. The largest absolute Gasteiger partial charge is 0.390 e. The van der Waals surface area contributed by atoms with Crippen molar-refractivity contribution in [1.82, 2.24) is 0 Å². The monoisotopic (exact) mass is 680 g/mol. The lowest BCUT2D eigenvalue weighted by Crippen LogP contribution is -2.59. The van der Waals surface area contributed by atoms with Gasteiger partial charge in [-0.15, -0.1) is 0 Å². The van der Waals surface area contributed by atoms with Crippen molar-refractivity contribution in [3.05, 3.63) is 59.2 Å². The van der Waals surface area contributed by atoms with E-state index in [-0.39, 0.29) is 54.4 Å². The maximum atomic E-state index is 12.7. The van der Waals surface area contributed by atoms with Crippen molar-refractivity contribution in [2.24, 2.45) is 5.92 Å². The Kier molecular flexibility index (Phi) is 11.0. The van der Waals surface area contributed by atoms with Gasteiger partial charge in [0.15, 0.2) is 5.78 Å². The van der Waals surface area contributed by atoms with E-state index in [1.54, 1.807) is 6.08 Å². The molecule has 5 heterocycles. The quantitative estimate of drug-likeness (QED) is 0.180. The number of hydrogen-bond acceptors (Lipinski definition) is 8. The van der Waals surface area contributed by atoms with Gasteiger partial charge in [0.05, 0.1) is 65.6 Å². The SMILES string of the molecule is CCC1OC2CCC3(C)OC4C(O)CC5(C)OC(CC/C=C(C)/C(C)=C/C(=O)c6ccccc6)C(C)CC5OC4CC3OC2CCC1(C)O. The van der Waals surface area contributed by atoms with Crippen LogP contribution in [0.4, 0.5) is 0 Å². The minimum atomic E-state index is -0.871. The average molecular weight is 681 g/mol. The normalized spacial score (nSPS) is 44.7. The van der Waals surface area contributed by atoms with Crippen LogP contribution < -0.4 is 0 Å². The van der Waals surface area contributed by atoms with Crippen LogP contribution in [0.15, 0.2) is 53.6 Å². The minimum absolute atomic E-state index is 0.0166. The second-order valence-electron chi connectivity index (χ2n) is 16.4. The number of ketones is 1. The van der Waals surface area contributed by atoms with E-state index >= 15 is 0 Å². The second-order valence-corrected chi connectivity index (χ2v) is 16.4. The van der Waals surface area contributed by atoms with Gasteiger partial charge in [0.1, 0.15) is 6.10 Å². The van der Waals surface area contributed by atoms with E-state index in [0.29, 0.717) is 24.8 Å². The molecule has 13 unspecified atom stereocenters. The molecular formula is C41H60O8. The molecule has 8 nitrogen and oxygen atoms in total. The summed E-state index contributed by atoms with van der Waals surface area (Å²) in [5.41, 5.74) is 0.675. The van der Waals surface area contributed by atoms with Crippen molar-refractivity contribution in [2.75, 3.05) is 0 Å². The van der Waals surface area contributed by atoms with Crippen molar-refractivity contribution < 1.29 is 38.7 Å².